The van der Waals surface area contributed by atoms with Gasteiger partial charge in [-0.15, -0.1) is 0 Å². The molecule has 1 unspecified atom stereocenters. The second-order valence-corrected chi connectivity index (χ2v) is 15.9. The summed E-state index contributed by atoms with van der Waals surface area (Å²) in [5.74, 6) is 1.71. The average molecular weight is 541 g/mol. The van der Waals surface area contributed by atoms with Crippen LogP contribution in [0.15, 0.2) is 36.7 Å². The summed E-state index contributed by atoms with van der Waals surface area (Å²) in [4.78, 5) is 9.25. The molecule has 0 N–H and O–H groups in total. The summed E-state index contributed by atoms with van der Waals surface area (Å²) in [6.45, 7) is 12.3. The highest BCUT2D eigenvalue weighted by Gasteiger charge is 2.23. The zero-order valence-electron chi connectivity index (χ0n) is 25.3. The molecule has 1 aromatic heterocycles. The normalized spacial score (nSPS) is 12.6. The Morgan fingerprint density at radius 3 is 2.00 bits per heavy atom. The number of benzene rings is 1. The number of rotatable bonds is 22. The van der Waals surface area contributed by atoms with Gasteiger partial charge in [-0.3, -0.25) is 0 Å². The summed E-state index contributed by atoms with van der Waals surface area (Å²) < 4.78 is 12.4. The Labute approximate surface area is 235 Å². The minimum absolute atomic E-state index is 0.387. The summed E-state index contributed by atoms with van der Waals surface area (Å²) in [5, 5.41) is 0. The van der Waals surface area contributed by atoms with Crippen LogP contribution in [0.4, 0.5) is 0 Å². The largest absolute Gasteiger partial charge is 0.494 e. The van der Waals surface area contributed by atoms with Crippen LogP contribution in [0.3, 0.4) is 0 Å². The van der Waals surface area contributed by atoms with E-state index in [2.05, 4.69) is 56.0 Å². The first kappa shape index (κ1) is 32.5. The summed E-state index contributed by atoms with van der Waals surface area (Å²) in [6, 6.07) is 9.48. The van der Waals surface area contributed by atoms with Crippen molar-refractivity contribution in [3.8, 4) is 17.1 Å². The molecule has 0 amide bonds. The molecule has 0 bridgehead atoms. The van der Waals surface area contributed by atoms with Crippen molar-refractivity contribution in [2.75, 3.05) is 6.61 Å². The molecule has 0 saturated heterocycles. The molecule has 0 spiro atoms. The van der Waals surface area contributed by atoms with Crippen molar-refractivity contribution in [2.24, 2.45) is 0 Å². The Hall–Kier alpha value is -1.72. The fraction of sp³-hybridized carbons (Fsp3) is 0.697. The van der Waals surface area contributed by atoms with Gasteiger partial charge in [0.1, 0.15) is 5.75 Å². The summed E-state index contributed by atoms with van der Waals surface area (Å²) in [7, 11) is -1.48. The van der Waals surface area contributed by atoms with Crippen LogP contribution < -0.4 is 4.74 Å². The van der Waals surface area contributed by atoms with Gasteiger partial charge in [-0.05, 0) is 81.6 Å². The molecular formula is C33H56N2O2Si. The fourth-order valence-corrected chi connectivity index (χ4v) is 7.49. The number of hydrogen-bond acceptors (Lipinski definition) is 4. The lowest BCUT2D eigenvalue weighted by molar-refractivity contribution is 0.195. The Morgan fingerprint density at radius 1 is 0.737 bits per heavy atom. The van der Waals surface area contributed by atoms with Crippen molar-refractivity contribution >= 4 is 8.32 Å². The molecule has 0 saturated carbocycles. The molecule has 2 rings (SSSR count). The standard InChI is InChI=1S/C33H56N2O2Si/c1-6-8-10-11-12-13-14-18-25-36-32-23-21-31(22-24-32)33-34-27-30(28-35-33)20-17-15-16-19-29(3)37-38(4,5)26-9-7-2/h21-24,27-29H,6-20,25-26H2,1-5H3. The maximum atomic E-state index is 6.43. The molecule has 1 heterocycles. The number of hydrogen-bond donors (Lipinski definition) is 0. The molecule has 0 aliphatic heterocycles. The van der Waals surface area contributed by atoms with Crippen LogP contribution in [0, 0.1) is 0 Å². The van der Waals surface area contributed by atoms with Gasteiger partial charge >= 0.3 is 0 Å². The van der Waals surface area contributed by atoms with E-state index in [9.17, 15) is 0 Å². The van der Waals surface area contributed by atoms with Gasteiger partial charge in [-0.1, -0.05) is 84.5 Å². The highest BCUT2D eigenvalue weighted by molar-refractivity contribution is 6.71. The molecule has 0 aliphatic carbocycles. The van der Waals surface area contributed by atoms with Gasteiger partial charge in [-0.2, -0.15) is 0 Å². The predicted octanol–water partition coefficient (Wildman–Crippen LogP) is 10.2. The van der Waals surface area contributed by atoms with E-state index in [1.165, 1.54) is 88.7 Å². The van der Waals surface area contributed by atoms with Gasteiger partial charge in [0.05, 0.1) is 6.61 Å². The van der Waals surface area contributed by atoms with Crippen molar-refractivity contribution in [3.05, 3.63) is 42.2 Å². The van der Waals surface area contributed by atoms with Crippen LogP contribution in [-0.2, 0) is 10.8 Å². The average Bonchev–Trinajstić information content (AvgIpc) is 2.91. The zero-order valence-corrected chi connectivity index (χ0v) is 26.3. The van der Waals surface area contributed by atoms with Gasteiger partial charge in [0.15, 0.2) is 14.1 Å². The predicted molar refractivity (Wildman–Crippen MR) is 165 cm³/mol. The lowest BCUT2D eigenvalue weighted by Crippen LogP contribution is -2.34. The van der Waals surface area contributed by atoms with Crippen molar-refractivity contribution in [3.63, 3.8) is 0 Å². The van der Waals surface area contributed by atoms with Crippen molar-refractivity contribution in [1.82, 2.24) is 9.97 Å². The van der Waals surface area contributed by atoms with E-state index >= 15 is 0 Å². The molecular weight excluding hydrogens is 484 g/mol. The third-order valence-corrected chi connectivity index (χ3v) is 9.91. The summed E-state index contributed by atoms with van der Waals surface area (Å²) >= 11 is 0. The molecule has 0 aliphatic rings. The zero-order chi connectivity index (χ0) is 27.5. The second kappa shape index (κ2) is 19.4. The van der Waals surface area contributed by atoms with Crippen molar-refractivity contribution < 1.29 is 9.16 Å². The van der Waals surface area contributed by atoms with E-state index in [-0.39, 0.29) is 0 Å². The molecule has 2 aromatic rings. The van der Waals surface area contributed by atoms with Gasteiger partial charge < -0.3 is 9.16 Å². The summed E-state index contributed by atoms with van der Waals surface area (Å²) in [5.41, 5.74) is 2.26. The minimum atomic E-state index is -1.48. The van der Waals surface area contributed by atoms with E-state index in [4.69, 9.17) is 9.16 Å². The molecule has 4 nitrogen and oxygen atoms in total. The fourth-order valence-electron chi connectivity index (χ4n) is 4.96. The third-order valence-electron chi connectivity index (χ3n) is 7.31. The minimum Gasteiger partial charge on any atom is -0.494 e. The van der Waals surface area contributed by atoms with Crippen LogP contribution in [0.25, 0.3) is 11.4 Å². The maximum absolute atomic E-state index is 6.43. The molecule has 1 atom stereocenters. The first-order valence-electron chi connectivity index (χ1n) is 15.7. The Kier molecular flexibility index (Phi) is 16.5. The smallest absolute Gasteiger partial charge is 0.187 e. The molecule has 1 aromatic carbocycles. The molecule has 0 fully saturated rings. The van der Waals surface area contributed by atoms with Crippen LogP contribution in [0.5, 0.6) is 5.75 Å². The maximum Gasteiger partial charge on any atom is 0.187 e. The Morgan fingerprint density at radius 2 is 1.34 bits per heavy atom. The van der Waals surface area contributed by atoms with Gasteiger partial charge in [0.2, 0.25) is 0 Å². The summed E-state index contributed by atoms with van der Waals surface area (Å²) in [6.07, 6.45) is 23.3. The van der Waals surface area contributed by atoms with E-state index in [0.717, 1.165) is 43.0 Å². The van der Waals surface area contributed by atoms with Crippen molar-refractivity contribution in [1.29, 1.82) is 0 Å². The van der Waals surface area contributed by atoms with E-state index in [1.54, 1.807) is 0 Å². The number of nitrogens with zero attached hydrogens (tertiary/aromatic N) is 2. The highest BCUT2D eigenvalue weighted by atomic mass is 28.4. The second-order valence-electron chi connectivity index (χ2n) is 11.7. The van der Waals surface area contributed by atoms with Crippen LogP contribution >= 0.6 is 0 Å². The van der Waals surface area contributed by atoms with Crippen molar-refractivity contribution in [2.45, 2.75) is 142 Å². The first-order valence-corrected chi connectivity index (χ1v) is 18.8. The van der Waals surface area contributed by atoms with Crippen LogP contribution in [-0.4, -0.2) is 31.0 Å². The number of aromatic nitrogens is 2. The molecule has 214 valence electrons. The monoisotopic (exact) mass is 540 g/mol. The molecule has 38 heavy (non-hydrogen) atoms. The SMILES string of the molecule is CCCCCCCCCCOc1ccc(-c2ncc(CCCCCC(C)O[Si](C)(C)CCCC)cn2)cc1. The third kappa shape index (κ3) is 14.4. The number of aryl methyl sites for hydroxylation is 1. The number of ether oxygens (including phenoxy) is 1. The Balaban J connectivity index is 1.60. The molecule has 5 heteroatoms. The van der Waals surface area contributed by atoms with Crippen LogP contribution in [0.2, 0.25) is 19.1 Å². The topological polar surface area (TPSA) is 44.2 Å². The van der Waals surface area contributed by atoms with Gasteiger partial charge in [0.25, 0.3) is 0 Å². The van der Waals surface area contributed by atoms with E-state index < -0.39 is 8.32 Å². The van der Waals surface area contributed by atoms with Gasteiger partial charge in [-0.25, -0.2) is 9.97 Å². The Bertz CT molecular complexity index is 839. The highest BCUT2D eigenvalue weighted by Crippen LogP contribution is 2.21. The lowest BCUT2D eigenvalue weighted by Gasteiger charge is -2.27. The van der Waals surface area contributed by atoms with E-state index in [0.29, 0.717) is 6.10 Å². The number of unbranched alkanes of at least 4 members (excludes halogenated alkanes) is 10. The first-order chi connectivity index (χ1) is 18.4. The lowest BCUT2D eigenvalue weighted by atomic mass is 10.1. The van der Waals surface area contributed by atoms with E-state index in [1.807, 2.05) is 24.5 Å². The molecule has 0 radical (unpaired) electrons. The quantitative estimate of drug-likeness (QED) is 0.110. The van der Waals surface area contributed by atoms with Gasteiger partial charge in [0, 0.05) is 24.1 Å². The van der Waals surface area contributed by atoms with Crippen LogP contribution in [0.1, 0.15) is 116 Å².